The zero-order chi connectivity index (χ0) is 15.8. The second-order valence-corrected chi connectivity index (χ2v) is 6.86. The Hall–Kier alpha value is -1.07. The number of carbonyl (C=O) groups is 1. The van der Waals surface area contributed by atoms with Crippen LogP contribution in [0.5, 0.6) is 5.75 Å². The average Bonchev–Trinajstić information content (AvgIpc) is 2.50. The van der Waals surface area contributed by atoms with Crippen LogP contribution in [0.25, 0.3) is 0 Å². The van der Waals surface area contributed by atoms with Crippen LogP contribution in [-0.2, 0) is 4.79 Å². The molecule has 4 nitrogen and oxygen atoms in total. The van der Waals surface area contributed by atoms with Crippen molar-refractivity contribution in [3.63, 3.8) is 0 Å². The third kappa shape index (κ3) is 6.36. The molecule has 1 N–H and O–H groups in total. The molecule has 0 atom stereocenters. The van der Waals surface area contributed by atoms with Gasteiger partial charge < -0.3 is 10.1 Å². The Morgan fingerprint density at radius 1 is 1.27 bits per heavy atom. The molecular formula is C17H25BrN2O2. The molecule has 1 fully saturated rings. The summed E-state index contributed by atoms with van der Waals surface area (Å²) in [6.07, 6.45) is 6.04. The molecule has 0 spiro atoms. The van der Waals surface area contributed by atoms with Crippen molar-refractivity contribution in [3.8, 4) is 5.75 Å². The van der Waals surface area contributed by atoms with E-state index in [1.54, 1.807) is 0 Å². The number of amides is 1. The van der Waals surface area contributed by atoms with Crippen LogP contribution in [-0.4, -0.2) is 43.6 Å². The van der Waals surface area contributed by atoms with E-state index in [-0.39, 0.29) is 5.91 Å². The fourth-order valence-electron chi connectivity index (χ4n) is 2.69. The molecule has 0 bridgehead atoms. The van der Waals surface area contributed by atoms with E-state index in [1.165, 1.54) is 19.3 Å². The van der Waals surface area contributed by atoms with Gasteiger partial charge in [-0.1, -0.05) is 35.2 Å². The molecule has 0 radical (unpaired) electrons. The maximum Gasteiger partial charge on any atom is 0.234 e. The highest BCUT2D eigenvalue weighted by molar-refractivity contribution is 9.10. The Labute approximate surface area is 141 Å². The van der Waals surface area contributed by atoms with Crippen LogP contribution < -0.4 is 10.1 Å². The number of benzene rings is 1. The highest BCUT2D eigenvalue weighted by Crippen LogP contribution is 2.17. The first kappa shape index (κ1) is 17.3. The van der Waals surface area contributed by atoms with E-state index in [0.717, 1.165) is 29.6 Å². The zero-order valence-corrected chi connectivity index (χ0v) is 14.8. The van der Waals surface area contributed by atoms with Crippen molar-refractivity contribution >= 4 is 21.8 Å². The standard InChI is InChI=1S/C17H25BrN2O2/c1-20(11-12-22-16-9-7-14(18)8-10-16)13-17(21)19-15-5-3-2-4-6-15/h7-10,15H,2-6,11-13H2,1H3,(H,19,21). The SMILES string of the molecule is CN(CCOc1ccc(Br)cc1)CC(=O)NC1CCCCC1. The van der Waals surface area contributed by atoms with Gasteiger partial charge in [-0.25, -0.2) is 0 Å². The van der Waals surface area contributed by atoms with Gasteiger partial charge in [0.15, 0.2) is 0 Å². The summed E-state index contributed by atoms with van der Waals surface area (Å²) in [5.41, 5.74) is 0. The smallest absolute Gasteiger partial charge is 0.234 e. The van der Waals surface area contributed by atoms with Gasteiger partial charge in [-0.05, 0) is 44.2 Å². The van der Waals surface area contributed by atoms with Crippen molar-refractivity contribution < 1.29 is 9.53 Å². The van der Waals surface area contributed by atoms with Gasteiger partial charge >= 0.3 is 0 Å². The molecule has 0 unspecified atom stereocenters. The first-order valence-electron chi connectivity index (χ1n) is 8.00. The molecular weight excluding hydrogens is 344 g/mol. The molecule has 1 amide bonds. The van der Waals surface area contributed by atoms with E-state index in [9.17, 15) is 4.79 Å². The normalized spacial score (nSPS) is 15.8. The predicted molar refractivity (Wildman–Crippen MR) is 92.1 cm³/mol. The third-order valence-electron chi connectivity index (χ3n) is 3.94. The summed E-state index contributed by atoms with van der Waals surface area (Å²) in [5.74, 6) is 0.973. The van der Waals surface area contributed by atoms with Crippen LogP contribution in [0.15, 0.2) is 28.7 Å². The highest BCUT2D eigenvalue weighted by Gasteiger charge is 2.16. The zero-order valence-electron chi connectivity index (χ0n) is 13.2. The largest absolute Gasteiger partial charge is 0.492 e. The summed E-state index contributed by atoms with van der Waals surface area (Å²) < 4.78 is 6.71. The molecule has 1 aliphatic rings. The number of nitrogens with zero attached hydrogens (tertiary/aromatic N) is 1. The predicted octanol–water partition coefficient (Wildman–Crippen LogP) is 3.21. The number of hydrogen-bond donors (Lipinski definition) is 1. The third-order valence-corrected chi connectivity index (χ3v) is 4.47. The topological polar surface area (TPSA) is 41.6 Å². The molecule has 0 aromatic heterocycles. The van der Waals surface area contributed by atoms with Crippen molar-refractivity contribution in [2.45, 2.75) is 38.1 Å². The molecule has 122 valence electrons. The van der Waals surface area contributed by atoms with E-state index < -0.39 is 0 Å². The van der Waals surface area contributed by atoms with Crippen LogP contribution in [0.3, 0.4) is 0 Å². The monoisotopic (exact) mass is 368 g/mol. The van der Waals surface area contributed by atoms with Gasteiger partial charge in [0.25, 0.3) is 0 Å². The lowest BCUT2D eigenvalue weighted by molar-refractivity contribution is -0.122. The van der Waals surface area contributed by atoms with Crippen LogP contribution >= 0.6 is 15.9 Å². The van der Waals surface area contributed by atoms with Crippen molar-refractivity contribution in [2.24, 2.45) is 0 Å². The van der Waals surface area contributed by atoms with Crippen LogP contribution in [0.4, 0.5) is 0 Å². The quantitative estimate of drug-likeness (QED) is 0.803. The summed E-state index contributed by atoms with van der Waals surface area (Å²) in [5, 5.41) is 3.14. The number of ether oxygens (including phenoxy) is 1. The van der Waals surface area contributed by atoms with Gasteiger partial charge in [-0.15, -0.1) is 0 Å². The minimum Gasteiger partial charge on any atom is -0.492 e. The number of carbonyl (C=O) groups excluding carboxylic acids is 1. The van der Waals surface area contributed by atoms with Gasteiger partial charge in [0.05, 0.1) is 6.54 Å². The van der Waals surface area contributed by atoms with E-state index in [0.29, 0.717) is 19.2 Å². The molecule has 1 saturated carbocycles. The van der Waals surface area contributed by atoms with Gasteiger partial charge in [0.2, 0.25) is 5.91 Å². The molecule has 0 aliphatic heterocycles. The Kier molecular flexibility index (Phi) is 7.19. The molecule has 1 aliphatic carbocycles. The second kappa shape index (κ2) is 9.16. The van der Waals surface area contributed by atoms with Crippen molar-refractivity contribution in [1.82, 2.24) is 10.2 Å². The lowest BCUT2D eigenvalue weighted by Crippen LogP contribution is -2.42. The fraction of sp³-hybridized carbons (Fsp3) is 0.588. The first-order valence-corrected chi connectivity index (χ1v) is 8.79. The lowest BCUT2D eigenvalue weighted by Gasteiger charge is -2.24. The van der Waals surface area contributed by atoms with Crippen molar-refractivity contribution in [2.75, 3.05) is 26.7 Å². The number of hydrogen-bond acceptors (Lipinski definition) is 3. The molecule has 0 saturated heterocycles. The number of nitrogens with one attached hydrogen (secondary N) is 1. The molecule has 22 heavy (non-hydrogen) atoms. The summed E-state index contributed by atoms with van der Waals surface area (Å²) >= 11 is 3.40. The van der Waals surface area contributed by atoms with E-state index in [4.69, 9.17) is 4.74 Å². The Morgan fingerprint density at radius 2 is 1.95 bits per heavy atom. The Morgan fingerprint density at radius 3 is 2.64 bits per heavy atom. The fourth-order valence-corrected chi connectivity index (χ4v) is 2.96. The van der Waals surface area contributed by atoms with Crippen molar-refractivity contribution in [1.29, 1.82) is 0 Å². The first-order chi connectivity index (χ1) is 10.6. The van der Waals surface area contributed by atoms with Gasteiger partial charge in [0, 0.05) is 17.1 Å². The van der Waals surface area contributed by atoms with Crippen LogP contribution in [0.2, 0.25) is 0 Å². The minimum atomic E-state index is 0.123. The summed E-state index contributed by atoms with van der Waals surface area (Å²) in [6.45, 7) is 1.74. The van der Waals surface area contributed by atoms with Crippen LogP contribution in [0.1, 0.15) is 32.1 Å². The second-order valence-electron chi connectivity index (χ2n) is 5.94. The summed E-state index contributed by atoms with van der Waals surface area (Å²) in [6, 6.07) is 8.15. The molecule has 5 heteroatoms. The highest BCUT2D eigenvalue weighted by atomic mass is 79.9. The maximum absolute atomic E-state index is 12.0. The summed E-state index contributed by atoms with van der Waals surface area (Å²) in [4.78, 5) is 14.0. The van der Waals surface area contributed by atoms with E-state index in [2.05, 4.69) is 21.2 Å². The Bertz CT molecular complexity index is 458. The lowest BCUT2D eigenvalue weighted by atomic mass is 9.95. The number of halogens is 1. The number of rotatable bonds is 7. The molecule has 0 heterocycles. The van der Waals surface area contributed by atoms with E-state index in [1.807, 2.05) is 36.2 Å². The molecule has 2 rings (SSSR count). The molecule has 1 aromatic carbocycles. The maximum atomic E-state index is 12.0. The van der Waals surface area contributed by atoms with Gasteiger partial charge in [-0.2, -0.15) is 0 Å². The number of likely N-dealkylation sites (N-methyl/N-ethyl adjacent to an activating group) is 1. The van der Waals surface area contributed by atoms with Gasteiger partial charge in [0.1, 0.15) is 12.4 Å². The Balaban J connectivity index is 1.61. The molecule has 1 aromatic rings. The van der Waals surface area contributed by atoms with Crippen molar-refractivity contribution in [3.05, 3.63) is 28.7 Å². The average molecular weight is 369 g/mol. The summed E-state index contributed by atoms with van der Waals surface area (Å²) in [7, 11) is 1.95. The van der Waals surface area contributed by atoms with Crippen LogP contribution in [0, 0.1) is 0 Å². The minimum absolute atomic E-state index is 0.123. The van der Waals surface area contributed by atoms with E-state index >= 15 is 0 Å². The van der Waals surface area contributed by atoms with Gasteiger partial charge in [-0.3, -0.25) is 9.69 Å².